The zero-order chi connectivity index (χ0) is 13.5. The lowest BCUT2D eigenvalue weighted by Gasteiger charge is -2.27. The number of aliphatic imine (C=N–C) groups is 1. The van der Waals surface area contributed by atoms with Crippen LogP contribution in [0.25, 0.3) is 0 Å². The number of nitrogens with zero attached hydrogens (tertiary/aromatic N) is 1. The Bertz CT molecular complexity index is 499. The summed E-state index contributed by atoms with van der Waals surface area (Å²) >= 11 is 0. The maximum absolute atomic E-state index is 5.82. The normalized spacial score (nSPS) is 16.6. The molecule has 0 radical (unpaired) electrons. The lowest BCUT2D eigenvalue weighted by Crippen LogP contribution is -2.45. The summed E-state index contributed by atoms with van der Waals surface area (Å²) in [6, 6.07) is 7.64. The van der Waals surface area contributed by atoms with Crippen LogP contribution in [0.1, 0.15) is 0 Å². The van der Waals surface area contributed by atoms with Crippen LogP contribution < -0.4 is 20.1 Å². The fraction of sp³-hybridized carbons (Fsp3) is 0.357. The van der Waals surface area contributed by atoms with E-state index in [1.54, 1.807) is 7.05 Å². The van der Waals surface area contributed by atoms with Crippen molar-refractivity contribution in [3.8, 4) is 23.8 Å². The first-order valence-corrected chi connectivity index (χ1v) is 6.10. The highest BCUT2D eigenvalue weighted by Crippen LogP contribution is 2.30. The Morgan fingerprint density at radius 2 is 2.15 bits per heavy atom. The molecular weight excluding hydrogens is 369 g/mol. The molecule has 1 atom stereocenters. The summed E-state index contributed by atoms with van der Waals surface area (Å²) in [7, 11) is 1.69. The summed E-state index contributed by atoms with van der Waals surface area (Å²) in [5, 5.41) is 6.13. The summed E-state index contributed by atoms with van der Waals surface area (Å²) < 4.78 is 11.4. The van der Waals surface area contributed by atoms with Gasteiger partial charge in [0, 0.05) is 7.05 Å². The van der Waals surface area contributed by atoms with Crippen LogP contribution in [0.2, 0.25) is 0 Å². The predicted molar refractivity (Wildman–Crippen MR) is 90.0 cm³/mol. The SMILES string of the molecule is C#CCNC(=NC)NCC1COc2ccccc2O1.I. The average molecular weight is 387 g/mol. The molecule has 1 aliphatic heterocycles. The molecule has 0 spiro atoms. The molecule has 2 rings (SSSR count). The molecule has 1 aromatic rings. The number of hydrogen-bond acceptors (Lipinski definition) is 3. The van der Waals surface area contributed by atoms with Gasteiger partial charge in [0.05, 0.1) is 13.1 Å². The summed E-state index contributed by atoms with van der Waals surface area (Å²) in [4.78, 5) is 4.06. The lowest BCUT2D eigenvalue weighted by atomic mass is 10.2. The van der Waals surface area contributed by atoms with E-state index in [1.165, 1.54) is 0 Å². The van der Waals surface area contributed by atoms with E-state index in [2.05, 4.69) is 21.5 Å². The monoisotopic (exact) mass is 387 g/mol. The number of benzene rings is 1. The van der Waals surface area contributed by atoms with Crippen LogP contribution in [0.15, 0.2) is 29.3 Å². The summed E-state index contributed by atoms with van der Waals surface area (Å²) in [6.45, 7) is 1.54. The number of halogens is 1. The minimum Gasteiger partial charge on any atom is -0.486 e. The van der Waals surface area contributed by atoms with Crippen molar-refractivity contribution in [2.24, 2.45) is 4.99 Å². The van der Waals surface area contributed by atoms with Gasteiger partial charge in [-0.2, -0.15) is 0 Å². The highest BCUT2D eigenvalue weighted by molar-refractivity contribution is 14.0. The van der Waals surface area contributed by atoms with Crippen molar-refractivity contribution in [1.29, 1.82) is 0 Å². The number of para-hydroxylation sites is 2. The van der Waals surface area contributed by atoms with E-state index in [0.717, 1.165) is 11.5 Å². The Kier molecular flexibility index (Phi) is 7.01. The topological polar surface area (TPSA) is 54.9 Å². The average Bonchev–Trinajstić information content (AvgIpc) is 2.47. The van der Waals surface area contributed by atoms with Gasteiger partial charge in [0.2, 0.25) is 0 Å². The molecule has 20 heavy (non-hydrogen) atoms. The van der Waals surface area contributed by atoms with Crippen LogP contribution in [-0.2, 0) is 0 Å². The van der Waals surface area contributed by atoms with E-state index in [0.29, 0.717) is 25.7 Å². The van der Waals surface area contributed by atoms with Crippen molar-refractivity contribution in [1.82, 2.24) is 10.6 Å². The second-order valence-electron chi connectivity index (χ2n) is 4.01. The first kappa shape index (κ1) is 16.4. The molecule has 1 heterocycles. The zero-order valence-corrected chi connectivity index (χ0v) is 13.6. The number of ether oxygens (including phenoxy) is 2. The molecule has 0 aliphatic carbocycles. The fourth-order valence-electron chi connectivity index (χ4n) is 1.73. The first-order valence-electron chi connectivity index (χ1n) is 6.10. The molecule has 0 fully saturated rings. The highest BCUT2D eigenvalue weighted by Gasteiger charge is 2.20. The fourth-order valence-corrected chi connectivity index (χ4v) is 1.73. The molecule has 1 aliphatic rings. The van der Waals surface area contributed by atoms with Gasteiger partial charge in [-0.1, -0.05) is 18.1 Å². The third-order valence-electron chi connectivity index (χ3n) is 2.65. The quantitative estimate of drug-likeness (QED) is 0.355. The van der Waals surface area contributed by atoms with Gasteiger partial charge in [0.25, 0.3) is 0 Å². The summed E-state index contributed by atoms with van der Waals surface area (Å²) in [5.74, 6) is 4.70. The molecule has 6 heteroatoms. The van der Waals surface area contributed by atoms with Crippen molar-refractivity contribution < 1.29 is 9.47 Å². The van der Waals surface area contributed by atoms with Gasteiger partial charge < -0.3 is 20.1 Å². The number of rotatable bonds is 3. The zero-order valence-electron chi connectivity index (χ0n) is 11.3. The summed E-state index contributed by atoms with van der Waals surface area (Å²) in [6.07, 6.45) is 5.13. The van der Waals surface area contributed by atoms with Gasteiger partial charge in [0.1, 0.15) is 12.7 Å². The van der Waals surface area contributed by atoms with Crippen LogP contribution in [0.4, 0.5) is 0 Å². The third-order valence-corrected chi connectivity index (χ3v) is 2.65. The number of terminal acetylenes is 1. The molecule has 0 bridgehead atoms. The Labute approximate surface area is 136 Å². The third kappa shape index (κ3) is 4.49. The molecule has 1 aromatic carbocycles. The summed E-state index contributed by atoms with van der Waals surface area (Å²) in [5.41, 5.74) is 0. The Hall–Kier alpha value is -1.62. The number of fused-ring (bicyclic) bond motifs is 1. The van der Waals surface area contributed by atoms with E-state index < -0.39 is 0 Å². The second-order valence-corrected chi connectivity index (χ2v) is 4.01. The molecule has 0 saturated carbocycles. The van der Waals surface area contributed by atoms with Gasteiger partial charge in [0.15, 0.2) is 17.5 Å². The van der Waals surface area contributed by atoms with Crippen LogP contribution in [0.3, 0.4) is 0 Å². The number of hydrogen-bond donors (Lipinski definition) is 2. The number of nitrogens with one attached hydrogen (secondary N) is 2. The smallest absolute Gasteiger partial charge is 0.191 e. The van der Waals surface area contributed by atoms with E-state index in [4.69, 9.17) is 15.9 Å². The minimum absolute atomic E-state index is 0. The van der Waals surface area contributed by atoms with Gasteiger partial charge in [-0.3, -0.25) is 4.99 Å². The first-order chi connectivity index (χ1) is 9.33. The van der Waals surface area contributed by atoms with Crippen LogP contribution in [-0.4, -0.2) is 38.8 Å². The molecule has 0 amide bonds. The molecule has 1 unspecified atom stereocenters. The van der Waals surface area contributed by atoms with Gasteiger partial charge in [-0.25, -0.2) is 0 Å². The Morgan fingerprint density at radius 1 is 1.40 bits per heavy atom. The van der Waals surface area contributed by atoms with E-state index in [1.807, 2.05) is 24.3 Å². The van der Waals surface area contributed by atoms with Crippen molar-refractivity contribution in [2.45, 2.75) is 6.10 Å². The predicted octanol–water partition coefficient (Wildman–Crippen LogP) is 1.24. The number of guanidine groups is 1. The highest BCUT2D eigenvalue weighted by atomic mass is 127. The molecular formula is C14H18IN3O2. The van der Waals surface area contributed by atoms with Crippen molar-refractivity contribution in [3.05, 3.63) is 24.3 Å². The van der Waals surface area contributed by atoms with Gasteiger partial charge >= 0.3 is 0 Å². The van der Waals surface area contributed by atoms with E-state index >= 15 is 0 Å². The Balaban J connectivity index is 0.00000200. The van der Waals surface area contributed by atoms with Crippen LogP contribution in [0.5, 0.6) is 11.5 Å². The molecule has 5 nitrogen and oxygen atoms in total. The lowest BCUT2D eigenvalue weighted by molar-refractivity contribution is 0.0936. The minimum atomic E-state index is -0.0562. The van der Waals surface area contributed by atoms with Crippen molar-refractivity contribution >= 4 is 29.9 Å². The molecule has 0 saturated heterocycles. The second kappa shape index (κ2) is 8.53. The maximum atomic E-state index is 5.82. The van der Waals surface area contributed by atoms with Crippen molar-refractivity contribution in [2.75, 3.05) is 26.7 Å². The maximum Gasteiger partial charge on any atom is 0.191 e. The largest absolute Gasteiger partial charge is 0.486 e. The van der Waals surface area contributed by atoms with Gasteiger partial charge in [-0.15, -0.1) is 30.4 Å². The van der Waals surface area contributed by atoms with Gasteiger partial charge in [-0.05, 0) is 12.1 Å². The molecule has 108 valence electrons. The Morgan fingerprint density at radius 3 is 2.85 bits per heavy atom. The van der Waals surface area contributed by atoms with E-state index in [-0.39, 0.29) is 30.1 Å². The van der Waals surface area contributed by atoms with Crippen LogP contribution in [0, 0.1) is 12.3 Å². The van der Waals surface area contributed by atoms with E-state index in [9.17, 15) is 0 Å². The van der Waals surface area contributed by atoms with Crippen molar-refractivity contribution in [3.63, 3.8) is 0 Å². The molecule has 2 N–H and O–H groups in total. The standard InChI is InChI=1S/C14H17N3O2.HI/c1-3-8-16-14(15-2)17-9-11-10-18-12-6-4-5-7-13(12)19-11;/h1,4-7,11H,8-10H2,2H3,(H2,15,16,17);1H. The van der Waals surface area contributed by atoms with Crippen LogP contribution >= 0.6 is 24.0 Å². The molecule has 0 aromatic heterocycles.